The molecular formula is C15H14N2OS. The average molecular weight is 270 g/mol. The number of benzene rings is 2. The van der Waals surface area contributed by atoms with Crippen LogP contribution in [0.2, 0.25) is 0 Å². The van der Waals surface area contributed by atoms with Gasteiger partial charge in [-0.05, 0) is 36.8 Å². The summed E-state index contributed by atoms with van der Waals surface area (Å²) in [5, 5.41) is 0.962. The van der Waals surface area contributed by atoms with E-state index in [0.717, 1.165) is 10.5 Å². The number of para-hydroxylation sites is 2. The summed E-state index contributed by atoms with van der Waals surface area (Å²) in [5.74, 6) is 0.706. The first kappa shape index (κ1) is 12.0. The van der Waals surface area contributed by atoms with Gasteiger partial charge in [-0.1, -0.05) is 18.2 Å². The number of fused-ring (bicyclic) bond motifs is 1. The first-order chi connectivity index (χ1) is 9.22. The fourth-order valence-corrected chi connectivity index (χ4v) is 2.76. The molecule has 0 bridgehead atoms. The molecule has 0 aliphatic rings. The lowest BCUT2D eigenvalue weighted by Gasteiger charge is -2.06. The Labute approximate surface area is 115 Å². The summed E-state index contributed by atoms with van der Waals surface area (Å²) in [6.07, 6.45) is 0. The molecule has 4 heteroatoms. The summed E-state index contributed by atoms with van der Waals surface area (Å²) in [6.45, 7) is 2.52. The zero-order chi connectivity index (χ0) is 13.2. The molecule has 0 aliphatic heterocycles. The molecule has 0 atom stereocenters. The lowest BCUT2D eigenvalue weighted by molar-refractivity contribution is 0.307. The molecule has 0 unspecified atom stereocenters. The van der Waals surface area contributed by atoms with Crippen molar-refractivity contribution in [3.05, 3.63) is 53.0 Å². The molecule has 2 aromatic carbocycles. The summed E-state index contributed by atoms with van der Waals surface area (Å²) in [6, 6.07) is 13.8. The number of aryl methyl sites for hydroxylation is 1. The first-order valence-corrected chi connectivity index (χ1v) is 6.87. The Balaban J connectivity index is 1.80. The fourth-order valence-electron chi connectivity index (χ4n) is 1.90. The molecule has 1 heterocycles. The topological polar surface area (TPSA) is 48.1 Å². The van der Waals surface area contributed by atoms with Gasteiger partial charge in [-0.3, -0.25) is 0 Å². The zero-order valence-electron chi connectivity index (χ0n) is 10.6. The maximum absolute atomic E-state index is 5.84. The number of thiazole rings is 1. The van der Waals surface area contributed by atoms with E-state index in [1.807, 2.05) is 24.3 Å². The second kappa shape index (κ2) is 4.90. The normalized spacial score (nSPS) is 10.8. The number of nitrogens with zero attached hydrogens (tertiary/aromatic N) is 1. The molecule has 0 saturated carbocycles. The number of nitrogens with two attached hydrogens (primary N) is 1. The Morgan fingerprint density at radius 1 is 1.21 bits per heavy atom. The minimum atomic E-state index is 0.451. The minimum absolute atomic E-state index is 0.451. The Bertz CT molecular complexity index is 721. The van der Waals surface area contributed by atoms with Crippen molar-refractivity contribution in [3.63, 3.8) is 0 Å². The van der Waals surface area contributed by atoms with Gasteiger partial charge in [0.25, 0.3) is 0 Å². The summed E-state index contributed by atoms with van der Waals surface area (Å²) < 4.78 is 6.89. The van der Waals surface area contributed by atoms with E-state index in [-0.39, 0.29) is 0 Å². The molecule has 3 aromatic rings. The zero-order valence-corrected chi connectivity index (χ0v) is 11.4. The Kier molecular flexibility index (Phi) is 3.09. The van der Waals surface area contributed by atoms with Crippen molar-refractivity contribution in [3.8, 4) is 5.75 Å². The number of hydrogen-bond donors (Lipinski definition) is 1. The van der Waals surface area contributed by atoms with E-state index < -0.39 is 0 Å². The summed E-state index contributed by atoms with van der Waals surface area (Å²) in [4.78, 5) is 4.57. The number of hydrogen-bond acceptors (Lipinski definition) is 4. The summed E-state index contributed by atoms with van der Waals surface area (Å²) in [7, 11) is 0. The Morgan fingerprint density at radius 2 is 2.05 bits per heavy atom. The van der Waals surface area contributed by atoms with Crippen molar-refractivity contribution >= 4 is 27.2 Å². The number of aromatic nitrogens is 1. The van der Waals surface area contributed by atoms with Crippen LogP contribution in [-0.4, -0.2) is 4.98 Å². The van der Waals surface area contributed by atoms with Gasteiger partial charge in [-0.25, -0.2) is 4.98 Å². The van der Waals surface area contributed by atoms with Crippen LogP contribution in [0.1, 0.15) is 10.6 Å². The van der Waals surface area contributed by atoms with E-state index in [1.54, 1.807) is 11.3 Å². The van der Waals surface area contributed by atoms with Crippen LogP contribution in [0.25, 0.3) is 10.2 Å². The maximum atomic E-state index is 5.84. The van der Waals surface area contributed by atoms with E-state index >= 15 is 0 Å². The second-order valence-corrected chi connectivity index (χ2v) is 5.52. The number of ether oxygens (including phenoxy) is 1. The van der Waals surface area contributed by atoms with Crippen molar-refractivity contribution in [1.29, 1.82) is 0 Å². The molecule has 3 nitrogen and oxygen atoms in total. The molecule has 0 aliphatic carbocycles. The van der Waals surface area contributed by atoms with Crippen LogP contribution >= 0.6 is 11.3 Å². The predicted molar refractivity (Wildman–Crippen MR) is 79.5 cm³/mol. The van der Waals surface area contributed by atoms with Crippen molar-refractivity contribution in [2.24, 2.45) is 0 Å². The molecule has 2 N–H and O–H groups in total. The van der Waals surface area contributed by atoms with Gasteiger partial charge in [0.05, 0.1) is 15.9 Å². The number of nitrogen functional groups attached to an aromatic ring is 1. The molecule has 1 aromatic heterocycles. The highest BCUT2D eigenvalue weighted by Crippen LogP contribution is 2.25. The third-order valence-electron chi connectivity index (χ3n) is 2.86. The van der Waals surface area contributed by atoms with E-state index in [2.05, 4.69) is 30.1 Å². The van der Waals surface area contributed by atoms with Gasteiger partial charge in [0.2, 0.25) is 0 Å². The fraction of sp³-hybridized carbons (Fsp3) is 0.133. The van der Waals surface area contributed by atoms with Gasteiger partial charge in [-0.15, -0.1) is 11.3 Å². The quantitative estimate of drug-likeness (QED) is 0.737. The number of rotatable bonds is 3. The molecule has 0 fully saturated rings. The SMILES string of the molecule is Cc1ccc2sc(COc3ccccc3N)nc2c1. The second-order valence-electron chi connectivity index (χ2n) is 4.41. The van der Waals surface area contributed by atoms with Crippen molar-refractivity contribution in [1.82, 2.24) is 4.98 Å². The summed E-state index contributed by atoms with van der Waals surface area (Å²) in [5.41, 5.74) is 8.74. The highest BCUT2D eigenvalue weighted by Gasteiger charge is 2.05. The van der Waals surface area contributed by atoms with Gasteiger partial charge in [0.1, 0.15) is 17.4 Å². The van der Waals surface area contributed by atoms with Gasteiger partial charge >= 0.3 is 0 Å². The highest BCUT2D eigenvalue weighted by atomic mass is 32.1. The molecule has 19 heavy (non-hydrogen) atoms. The van der Waals surface area contributed by atoms with Crippen LogP contribution in [0.4, 0.5) is 5.69 Å². The monoisotopic (exact) mass is 270 g/mol. The van der Waals surface area contributed by atoms with E-state index in [9.17, 15) is 0 Å². The molecule has 0 radical (unpaired) electrons. The van der Waals surface area contributed by atoms with E-state index in [1.165, 1.54) is 10.3 Å². The lowest BCUT2D eigenvalue weighted by atomic mass is 10.2. The van der Waals surface area contributed by atoms with E-state index in [0.29, 0.717) is 18.0 Å². The van der Waals surface area contributed by atoms with Crippen LogP contribution in [0.3, 0.4) is 0 Å². The molecule has 0 saturated heterocycles. The molecule has 96 valence electrons. The van der Waals surface area contributed by atoms with Crippen molar-refractivity contribution in [2.45, 2.75) is 13.5 Å². The van der Waals surface area contributed by atoms with E-state index in [4.69, 9.17) is 10.5 Å². The smallest absolute Gasteiger partial charge is 0.142 e. The van der Waals surface area contributed by atoms with Crippen LogP contribution in [0.5, 0.6) is 5.75 Å². The third kappa shape index (κ3) is 2.53. The van der Waals surface area contributed by atoms with Crippen LogP contribution in [0.15, 0.2) is 42.5 Å². The summed E-state index contributed by atoms with van der Waals surface area (Å²) >= 11 is 1.65. The average Bonchev–Trinajstić information content (AvgIpc) is 2.79. The highest BCUT2D eigenvalue weighted by molar-refractivity contribution is 7.18. The third-order valence-corrected chi connectivity index (χ3v) is 3.87. The number of anilines is 1. The van der Waals surface area contributed by atoms with Crippen molar-refractivity contribution < 1.29 is 4.74 Å². The Hall–Kier alpha value is -2.07. The standard InChI is InChI=1S/C15H14N2OS/c1-10-6-7-14-12(8-10)17-15(19-14)9-18-13-5-3-2-4-11(13)16/h2-8H,9,16H2,1H3. The van der Waals surface area contributed by atoms with Crippen LogP contribution in [0, 0.1) is 6.92 Å². The van der Waals surface area contributed by atoms with Crippen LogP contribution < -0.4 is 10.5 Å². The predicted octanol–water partition coefficient (Wildman–Crippen LogP) is 3.77. The van der Waals surface area contributed by atoms with Gasteiger partial charge in [0.15, 0.2) is 0 Å². The first-order valence-electron chi connectivity index (χ1n) is 6.06. The van der Waals surface area contributed by atoms with Gasteiger partial charge in [-0.2, -0.15) is 0 Å². The molecular weight excluding hydrogens is 256 g/mol. The van der Waals surface area contributed by atoms with Gasteiger partial charge in [0, 0.05) is 0 Å². The molecule has 3 rings (SSSR count). The molecule has 0 spiro atoms. The lowest BCUT2D eigenvalue weighted by Crippen LogP contribution is -1.97. The van der Waals surface area contributed by atoms with Crippen molar-refractivity contribution in [2.75, 3.05) is 5.73 Å². The maximum Gasteiger partial charge on any atom is 0.142 e. The molecule has 0 amide bonds. The van der Waals surface area contributed by atoms with Crippen LogP contribution in [-0.2, 0) is 6.61 Å². The van der Waals surface area contributed by atoms with Gasteiger partial charge < -0.3 is 10.5 Å². The minimum Gasteiger partial charge on any atom is -0.484 e. The Morgan fingerprint density at radius 3 is 2.89 bits per heavy atom. The largest absolute Gasteiger partial charge is 0.484 e.